The predicted molar refractivity (Wildman–Crippen MR) is 59.6 cm³/mol. The van der Waals surface area contributed by atoms with Crippen LogP contribution < -0.4 is 0 Å². The number of aromatic nitrogens is 2. The molecule has 1 saturated heterocycles. The molecule has 0 saturated carbocycles. The monoisotopic (exact) mass is 243 g/mol. The Morgan fingerprint density at radius 2 is 2.56 bits per heavy atom. The Morgan fingerprint density at radius 3 is 3.19 bits per heavy atom. The van der Waals surface area contributed by atoms with E-state index in [2.05, 4.69) is 4.98 Å². The Labute approximate surface area is 99.0 Å². The Kier molecular flexibility index (Phi) is 3.46. The molecule has 1 fully saturated rings. The maximum absolute atomic E-state index is 12.1. The molecule has 0 bridgehead atoms. The van der Waals surface area contributed by atoms with E-state index in [0.717, 1.165) is 0 Å². The third-order valence-corrected chi connectivity index (χ3v) is 2.95. The van der Waals surface area contributed by atoms with Gasteiger partial charge in [0, 0.05) is 25.7 Å². The average molecular weight is 244 g/mol. The second kappa shape index (κ2) is 4.84. The molecule has 0 N–H and O–H groups in total. The summed E-state index contributed by atoms with van der Waals surface area (Å²) in [5, 5.41) is 0. The second-order valence-corrected chi connectivity index (χ2v) is 4.11. The summed E-state index contributed by atoms with van der Waals surface area (Å²) in [6.45, 7) is 1.64. The van der Waals surface area contributed by atoms with Crippen LogP contribution in [-0.4, -0.2) is 52.0 Å². The van der Waals surface area contributed by atoms with Crippen molar-refractivity contribution in [2.45, 2.75) is 6.04 Å². The first-order valence-corrected chi connectivity index (χ1v) is 5.68. The normalized spacial score (nSPS) is 21.1. The summed E-state index contributed by atoms with van der Waals surface area (Å²) >= 11 is 5.81. The Balaban J connectivity index is 2.13. The van der Waals surface area contributed by atoms with Gasteiger partial charge < -0.3 is 14.2 Å². The minimum absolute atomic E-state index is 0.0510. The summed E-state index contributed by atoms with van der Waals surface area (Å²) in [5.41, 5.74) is 0.458. The van der Waals surface area contributed by atoms with Gasteiger partial charge in [-0.05, 0) is 0 Å². The van der Waals surface area contributed by atoms with Gasteiger partial charge in [0.05, 0.1) is 25.6 Å². The number of imidazole rings is 1. The van der Waals surface area contributed by atoms with Gasteiger partial charge in [0.15, 0.2) is 0 Å². The van der Waals surface area contributed by atoms with E-state index in [9.17, 15) is 4.79 Å². The first-order valence-electron chi connectivity index (χ1n) is 5.15. The van der Waals surface area contributed by atoms with Crippen molar-refractivity contribution in [2.75, 3.05) is 25.6 Å². The Morgan fingerprint density at radius 1 is 1.75 bits per heavy atom. The van der Waals surface area contributed by atoms with Crippen LogP contribution in [0.25, 0.3) is 0 Å². The molecule has 0 spiro atoms. The fraction of sp³-hybridized carbons (Fsp3) is 0.600. The van der Waals surface area contributed by atoms with Gasteiger partial charge in [-0.1, -0.05) is 0 Å². The quantitative estimate of drug-likeness (QED) is 0.711. The molecule has 0 aromatic carbocycles. The highest BCUT2D eigenvalue weighted by molar-refractivity contribution is 6.18. The number of ether oxygens (including phenoxy) is 1. The molecule has 0 radical (unpaired) electrons. The van der Waals surface area contributed by atoms with Crippen LogP contribution in [0.3, 0.4) is 0 Å². The molecule has 1 aromatic rings. The van der Waals surface area contributed by atoms with Crippen LogP contribution >= 0.6 is 11.6 Å². The van der Waals surface area contributed by atoms with Gasteiger partial charge in [0.1, 0.15) is 5.69 Å². The lowest BCUT2D eigenvalue weighted by atomic mass is 10.2. The van der Waals surface area contributed by atoms with Gasteiger partial charge in [-0.2, -0.15) is 0 Å². The van der Waals surface area contributed by atoms with Gasteiger partial charge in [-0.3, -0.25) is 4.79 Å². The lowest BCUT2D eigenvalue weighted by Gasteiger charge is -2.33. The molecule has 1 amide bonds. The van der Waals surface area contributed by atoms with E-state index < -0.39 is 0 Å². The van der Waals surface area contributed by atoms with Crippen LogP contribution in [0.4, 0.5) is 0 Å². The topological polar surface area (TPSA) is 47.4 Å². The van der Waals surface area contributed by atoms with E-state index >= 15 is 0 Å². The molecule has 88 valence electrons. The van der Waals surface area contributed by atoms with Crippen LogP contribution in [0.1, 0.15) is 10.5 Å². The van der Waals surface area contributed by atoms with Gasteiger partial charge in [-0.15, -0.1) is 11.6 Å². The smallest absolute Gasteiger partial charge is 0.274 e. The first-order chi connectivity index (χ1) is 7.72. The fourth-order valence-corrected chi connectivity index (χ4v) is 1.98. The molecule has 0 aliphatic carbocycles. The number of hydrogen-bond donors (Lipinski definition) is 0. The average Bonchev–Trinajstić information content (AvgIpc) is 2.75. The Hall–Kier alpha value is -1.07. The summed E-state index contributed by atoms with van der Waals surface area (Å²) in [4.78, 5) is 17.9. The van der Waals surface area contributed by atoms with Crippen molar-refractivity contribution in [2.24, 2.45) is 7.05 Å². The SMILES string of the molecule is Cn1cnc(C(=O)N2CCOCC2CCl)c1. The number of amides is 1. The van der Waals surface area contributed by atoms with Gasteiger partial charge >= 0.3 is 0 Å². The van der Waals surface area contributed by atoms with E-state index in [-0.39, 0.29) is 11.9 Å². The number of rotatable bonds is 2. The molecule has 5 nitrogen and oxygen atoms in total. The third-order valence-electron chi connectivity index (χ3n) is 2.59. The van der Waals surface area contributed by atoms with Crippen LogP contribution in [0.5, 0.6) is 0 Å². The van der Waals surface area contributed by atoms with Crippen molar-refractivity contribution in [3.63, 3.8) is 0 Å². The molecular formula is C10H14ClN3O2. The lowest BCUT2D eigenvalue weighted by molar-refractivity contribution is 0.00426. The number of alkyl halides is 1. The largest absolute Gasteiger partial charge is 0.377 e. The van der Waals surface area contributed by atoms with Crippen molar-refractivity contribution < 1.29 is 9.53 Å². The number of carbonyl (C=O) groups is 1. The Bertz CT molecular complexity index is 380. The van der Waals surface area contributed by atoms with Gasteiger partial charge in [0.2, 0.25) is 0 Å². The molecule has 2 heterocycles. The fourth-order valence-electron chi connectivity index (χ4n) is 1.72. The molecule has 2 rings (SSSR count). The highest BCUT2D eigenvalue weighted by atomic mass is 35.5. The molecule has 1 aliphatic rings. The number of halogens is 1. The minimum Gasteiger partial charge on any atom is -0.377 e. The standard InChI is InChI=1S/C10H14ClN3O2/c1-13-5-9(12-7-13)10(15)14-2-3-16-6-8(14)4-11/h5,7-8H,2-4,6H2,1H3. The van der Waals surface area contributed by atoms with Crippen molar-refractivity contribution in [3.05, 3.63) is 18.2 Å². The highest BCUT2D eigenvalue weighted by Gasteiger charge is 2.28. The maximum Gasteiger partial charge on any atom is 0.274 e. The number of nitrogens with zero attached hydrogens (tertiary/aromatic N) is 3. The summed E-state index contributed by atoms with van der Waals surface area (Å²) in [7, 11) is 1.84. The zero-order chi connectivity index (χ0) is 11.5. The first kappa shape index (κ1) is 11.4. The highest BCUT2D eigenvalue weighted by Crippen LogP contribution is 2.12. The second-order valence-electron chi connectivity index (χ2n) is 3.81. The summed E-state index contributed by atoms with van der Waals surface area (Å²) in [6, 6.07) is -0.0510. The number of morpholine rings is 1. The van der Waals surface area contributed by atoms with Gasteiger partial charge in [-0.25, -0.2) is 4.98 Å². The third kappa shape index (κ3) is 2.20. The maximum atomic E-state index is 12.1. The molecule has 1 aromatic heterocycles. The number of hydrogen-bond acceptors (Lipinski definition) is 3. The van der Waals surface area contributed by atoms with Crippen molar-refractivity contribution >= 4 is 17.5 Å². The van der Waals surface area contributed by atoms with Gasteiger partial charge in [0.25, 0.3) is 5.91 Å². The number of aryl methyl sites for hydroxylation is 1. The lowest BCUT2D eigenvalue weighted by Crippen LogP contribution is -2.49. The molecule has 1 atom stereocenters. The number of carbonyl (C=O) groups excluding carboxylic acids is 1. The van der Waals surface area contributed by atoms with Crippen molar-refractivity contribution in [3.8, 4) is 0 Å². The zero-order valence-electron chi connectivity index (χ0n) is 9.10. The van der Waals surface area contributed by atoms with E-state index in [1.807, 2.05) is 7.05 Å². The van der Waals surface area contributed by atoms with Crippen molar-refractivity contribution in [1.29, 1.82) is 0 Å². The summed E-state index contributed by atoms with van der Waals surface area (Å²) in [6.07, 6.45) is 3.33. The predicted octanol–water partition coefficient (Wildman–Crippen LogP) is 0.500. The molecular weight excluding hydrogens is 230 g/mol. The van der Waals surface area contributed by atoms with E-state index in [1.54, 1.807) is 22.0 Å². The molecule has 16 heavy (non-hydrogen) atoms. The van der Waals surface area contributed by atoms with Crippen LogP contribution in [0, 0.1) is 0 Å². The molecule has 1 unspecified atom stereocenters. The van der Waals surface area contributed by atoms with E-state index in [4.69, 9.17) is 16.3 Å². The van der Waals surface area contributed by atoms with Crippen LogP contribution in [0.15, 0.2) is 12.5 Å². The van der Waals surface area contributed by atoms with Crippen molar-refractivity contribution in [1.82, 2.24) is 14.5 Å². The summed E-state index contributed by atoms with van der Waals surface area (Å²) in [5.74, 6) is 0.313. The van der Waals surface area contributed by atoms with Crippen LogP contribution in [0.2, 0.25) is 0 Å². The molecule has 1 aliphatic heterocycles. The van der Waals surface area contributed by atoms with E-state index in [0.29, 0.717) is 31.3 Å². The molecule has 6 heteroatoms. The van der Waals surface area contributed by atoms with E-state index in [1.165, 1.54) is 0 Å². The van der Waals surface area contributed by atoms with Crippen LogP contribution in [-0.2, 0) is 11.8 Å². The minimum atomic E-state index is -0.0745. The zero-order valence-corrected chi connectivity index (χ0v) is 9.85. The summed E-state index contributed by atoms with van der Waals surface area (Å²) < 4.78 is 7.04.